The van der Waals surface area contributed by atoms with Crippen LogP contribution in [0.3, 0.4) is 0 Å². The van der Waals surface area contributed by atoms with Gasteiger partial charge in [-0.3, -0.25) is 29.0 Å². The van der Waals surface area contributed by atoms with Crippen molar-refractivity contribution < 1.29 is 38.7 Å². The number of carboxylic acid groups (broad SMARTS) is 1. The summed E-state index contributed by atoms with van der Waals surface area (Å²) in [5, 5.41) is 29.2. The summed E-state index contributed by atoms with van der Waals surface area (Å²) in [6.07, 6.45) is 2.14. The summed E-state index contributed by atoms with van der Waals surface area (Å²) in [5.41, 5.74) is 18.6. The third-order valence-electron chi connectivity index (χ3n) is 7.91. The van der Waals surface area contributed by atoms with Gasteiger partial charge in [-0.15, -0.1) is 0 Å². The van der Waals surface area contributed by atoms with E-state index < -0.39 is 60.3 Å². The number of hydrogen-bond acceptors (Lipinski definition) is 8. The normalized spacial score (nSPS) is 13.5. The first kappa shape index (κ1) is 43.4. The average Bonchev–Trinajstić information content (AvgIpc) is 3.07. The van der Waals surface area contributed by atoms with Gasteiger partial charge < -0.3 is 53.2 Å². The average molecular weight is 792 g/mol. The van der Waals surface area contributed by atoms with Crippen molar-refractivity contribution in [1.29, 1.82) is 0 Å². The number of carbonyl (C=O) groups excluding carboxylic acids is 4. The van der Waals surface area contributed by atoms with Crippen molar-refractivity contribution in [1.82, 2.24) is 21.3 Å². The Kier molecular flexibility index (Phi) is 18.0. The van der Waals surface area contributed by atoms with Crippen molar-refractivity contribution in [3.63, 3.8) is 0 Å². The molecular formula is C35H53BrN9O7+. The second-order valence-electron chi connectivity index (χ2n) is 13.6. The summed E-state index contributed by atoms with van der Waals surface area (Å²) in [5.74, 6) is -4.08. The Bertz CT molecular complexity index is 1510. The number of nitrogens with zero attached hydrogens (tertiary/aromatic N) is 2. The smallest absolute Gasteiger partial charge is 0.322 e. The highest BCUT2D eigenvalue weighted by atomic mass is 79.9. The van der Waals surface area contributed by atoms with Crippen molar-refractivity contribution in [2.75, 3.05) is 40.8 Å². The minimum absolute atomic E-state index is 0.00315. The van der Waals surface area contributed by atoms with E-state index in [1.165, 1.54) is 12.1 Å². The molecule has 2 aromatic rings. The summed E-state index contributed by atoms with van der Waals surface area (Å²) in [6.45, 7) is 0.292. The number of carboxylic acids is 1. The van der Waals surface area contributed by atoms with E-state index in [4.69, 9.17) is 22.3 Å². The lowest BCUT2D eigenvalue weighted by atomic mass is 10.0. The maximum atomic E-state index is 13.9. The molecule has 286 valence electrons. The van der Waals surface area contributed by atoms with E-state index in [2.05, 4.69) is 63.3 Å². The van der Waals surface area contributed by atoms with Crippen LogP contribution in [0.4, 0.5) is 0 Å². The third kappa shape index (κ3) is 17.5. The first-order valence-corrected chi connectivity index (χ1v) is 17.8. The molecule has 4 atom stereocenters. The Morgan fingerprint density at radius 3 is 1.83 bits per heavy atom. The SMILES string of the molecule is C[N+](C)(C)CCCCC(NC(=O)C(N)Cc1ccc(Br)cc1)C(=O)NC(CCCN=C(N)N)C(=O)NC(Cc1ccc(O)cc1)C(=O)NCC(=O)O. The van der Waals surface area contributed by atoms with Crippen LogP contribution in [0.5, 0.6) is 5.75 Å². The van der Waals surface area contributed by atoms with Crippen molar-refractivity contribution in [3.05, 3.63) is 64.1 Å². The Morgan fingerprint density at radius 2 is 1.27 bits per heavy atom. The standard InChI is InChI=1S/C35H52BrN9O7/c1-45(2,3)18-5-4-7-27(42-31(49)26(37)19-22-9-13-24(36)14-10-22)33(51)43-28(8-6-17-40-35(38)39)34(52)44-29(32(50)41-21-30(47)48)20-23-11-15-25(46)16-12-23/h9-16,26-29H,4-8,17-21,37H2,1-3H3,(H9-,38,39,40,41,42,43,44,46,47,48,49,50,51,52)/p+1. The zero-order valence-corrected chi connectivity index (χ0v) is 31.5. The molecule has 4 unspecified atom stereocenters. The van der Waals surface area contributed by atoms with Gasteiger partial charge in [0.1, 0.15) is 30.4 Å². The molecule has 0 saturated carbocycles. The summed E-state index contributed by atoms with van der Waals surface area (Å²) < 4.78 is 1.59. The number of phenolic OH excluding ortho intramolecular Hbond substituents is 1. The van der Waals surface area contributed by atoms with Crippen LogP contribution in [0.2, 0.25) is 0 Å². The number of amides is 4. The van der Waals surface area contributed by atoms with Crippen LogP contribution in [0.25, 0.3) is 0 Å². The van der Waals surface area contributed by atoms with Gasteiger partial charge in [-0.05, 0) is 73.9 Å². The first-order valence-electron chi connectivity index (χ1n) is 17.0. The third-order valence-corrected chi connectivity index (χ3v) is 8.44. The number of rotatable bonds is 22. The molecular weight excluding hydrogens is 738 g/mol. The number of halogens is 1. The molecule has 0 heterocycles. The molecule has 2 rings (SSSR count). The first-order chi connectivity index (χ1) is 24.4. The molecule has 0 spiro atoms. The van der Waals surface area contributed by atoms with Crippen LogP contribution in [0, 0.1) is 0 Å². The van der Waals surface area contributed by atoms with Gasteiger partial charge >= 0.3 is 5.97 Å². The molecule has 52 heavy (non-hydrogen) atoms. The molecule has 17 heteroatoms. The summed E-state index contributed by atoms with van der Waals surface area (Å²) in [7, 11) is 6.15. The topological polar surface area (TPSA) is 264 Å². The van der Waals surface area contributed by atoms with Crippen molar-refractivity contribution in [3.8, 4) is 5.75 Å². The van der Waals surface area contributed by atoms with Crippen LogP contribution >= 0.6 is 15.9 Å². The minimum atomic E-state index is -1.28. The van der Waals surface area contributed by atoms with Gasteiger partial charge in [-0.2, -0.15) is 0 Å². The van der Waals surface area contributed by atoms with E-state index in [0.29, 0.717) is 16.5 Å². The van der Waals surface area contributed by atoms with Gasteiger partial charge in [0, 0.05) is 17.4 Å². The van der Waals surface area contributed by atoms with E-state index in [1.54, 1.807) is 12.1 Å². The minimum Gasteiger partial charge on any atom is -0.508 e. The molecule has 0 saturated heterocycles. The molecule has 12 N–H and O–H groups in total. The second kappa shape index (κ2) is 21.6. The van der Waals surface area contributed by atoms with Gasteiger partial charge in [0.2, 0.25) is 23.6 Å². The molecule has 0 aliphatic carbocycles. The highest BCUT2D eigenvalue weighted by Gasteiger charge is 2.31. The van der Waals surface area contributed by atoms with Gasteiger partial charge in [0.15, 0.2) is 5.96 Å². The summed E-state index contributed by atoms with van der Waals surface area (Å²) >= 11 is 3.38. The largest absolute Gasteiger partial charge is 0.508 e. The van der Waals surface area contributed by atoms with Crippen LogP contribution < -0.4 is 38.5 Å². The second-order valence-corrected chi connectivity index (χ2v) is 14.5. The van der Waals surface area contributed by atoms with Crippen molar-refractivity contribution in [2.45, 2.75) is 69.1 Å². The van der Waals surface area contributed by atoms with Crippen molar-refractivity contribution >= 4 is 51.5 Å². The predicted octanol–water partition coefficient (Wildman–Crippen LogP) is -0.147. The van der Waals surface area contributed by atoms with E-state index in [9.17, 15) is 29.1 Å². The fourth-order valence-electron chi connectivity index (χ4n) is 5.13. The molecule has 0 bridgehead atoms. The Morgan fingerprint density at radius 1 is 0.750 bits per heavy atom. The number of hydrogen-bond donors (Lipinski definition) is 9. The number of nitrogens with two attached hydrogens (primary N) is 3. The van der Waals surface area contributed by atoms with Crippen LogP contribution in [0.15, 0.2) is 58.0 Å². The lowest BCUT2D eigenvalue weighted by molar-refractivity contribution is -0.870. The molecule has 2 aromatic carbocycles. The monoisotopic (exact) mass is 790 g/mol. The van der Waals surface area contributed by atoms with Crippen LogP contribution in [0.1, 0.15) is 43.2 Å². The van der Waals surface area contributed by atoms with Crippen LogP contribution in [-0.4, -0.2) is 115 Å². The number of carbonyl (C=O) groups is 5. The van der Waals surface area contributed by atoms with E-state index in [1.807, 2.05) is 24.3 Å². The Hall–Kier alpha value is -4.74. The lowest BCUT2D eigenvalue weighted by Crippen LogP contribution is -2.58. The maximum absolute atomic E-state index is 13.9. The van der Waals surface area contributed by atoms with Gasteiger partial charge in [-0.25, -0.2) is 0 Å². The zero-order chi connectivity index (χ0) is 38.8. The molecule has 0 radical (unpaired) electrons. The number of quaternary nitrogens is 1. The highest BCUT2D eigenvalue weighted by molar-refractivity contribution is 9.10. The number of aliphatic carboxylic acids is 1. The summed E-state index contributed by atoms with van der Waals surface area (Å²) in [4.78, 5) is 69.1. The fraction of sp³-hybridized carbons (Fsp3) is 0.486. The van der Waals surface area contributed by atoms with Gasteiger partial charge in [0.05, 0.1) is 33.7 Å². The fourth-order valence-corrected chi connectivity index (χ4v) is 5.39. The number of benzene rings is 2. The molecule has 4 amide bonds. The van der Waals surface area contributed by atoms with Gasteiger partial charge in [0.25, 0.3) is 0 Å². The predicted molar refractivity (Wildman–Crippen MR) is 201 cm³/mol. The highest BCUT2D eigenvalue weighted by Crippen LogP contribution is 2.14. The number of guanidine groups is 1. The molecule has 0 fully saturated rings. The maximum Gasteiger partial charge on any atom is 0.322 e. The number of nitrogens with one attached hydrogen (secondary N) is 4. The van der Waals surface area contributed by atoms with E-state index in [-0.39, 0.29) is 50.4 Å². The number of unbranched alkanes of at least 4 members (excludes halogenated alkanes) is 1. The lowest BCUT2D eigenvalue weighted by Gasteiger charge is -2.27. The van der Waals surface area contributed by atoms with Crippen molar-refractivity contribution in [2.24, 2.45) is 22.2 Å². The number of aromatic hydroxyl groups is 1. The number of phenols is 1. The Balaban J connectivity index is 2.31. The van der Waals surface area contributed by atoms with E-state index >= 15 is 0 Å². The van der Waals surface area contributed by atoms with Gasteiger partial charge in [-0.1, -0.05) is 40.2 Å². The molecule has 16 nitrogen and oxygen atoms in total. The molecule has 0 aliphatic heterocycles. The molecule has 0 aromatic heterocycles. The summed E-state index contributed by atoms with van der Waals surface area (Å²) in [6, 6.07) is 8.88. The molecule has 0 aliphatic rings. The Labute approximate surface area is 312 Å². The number of aliphatic imine (C=N–C) groups is 1. The van der Waals surface area contributed by atoms with E-state index in [0.717, 1.165) is 23.0 Å². The zero-order valence-electron chi connectivity index (χ0n) is 29.9. The van der Waals surface area contributed by atoms with Crippen LogP contribution in [-0.2, 0) is 36.8 Å². The quantitative estimate of drug-likeness (QED) is 0.0330.